The van der Waals surface area contributed by atoms with Crippen molar-refractivity contribution in [3.05, 3.63) is 0 Å². The van der Waals surface area contributed by atoms with E-state index >= 15 is 0 Å². The third-order valence-corrected chi connectivity index (χ3v) is 3.30. The summed E-state index contributed by atoms with van der Waals surface area (Å²) >= 11 is 0. The molecule has 2 saturated heterocycles. The molecule has 0 spiro atoms. The summed E-state index contributed by atoms with van der Waals surface area (Å²) in [5, 5.41) is 3.19. The van der Waals surface area contributed by atoms with Gasteiger partial charge >= 0.3 is 0 Å². The van der Waals surface area contributed by atoms with Crippen LogP contribution in [0.3, 0.4) is 0 Å². The molecule has 2 aliphatic heterocycles. The highest BCUT2D eigenvalue weighted by atomic mass is 35.5. The molecule has 1 atom stereocenters. The number of likely N-dealkylation sites (tertiary alicyclic amines) is 1. The maximum atomic E-state index is 12.0. The molecule has 94 valence electrons. The molecule has 5 heteroatoms. The van der Waals surface area contributed by atoms with Crippen molar-refractivity contribution in [3.63, 3.8) is 0 Å². The monoisotopic (exact) mass is 248 g/mol. The van der Waals surface area contributed by atoms with Gasteiger partial charge in [0.2, 0.25) is 0 Å². The summed E-state index contributed by atoms with van der Waals surface area (Å²) in [5.74, 6) is 0.938. The Kier molecular flexibility index (Phi) is 5.52. The Bertz CT molecular complexity index is 224. The van der Waals surface area contributed by atoms with E-state index in [0.717, 1.165) is 38.4 Å². The highest BCUT2D eigenvalue weighted by Crippen LogP contribution is 2.17. The molecule has 2 rings (SSSR count). The van der Waals surface area contributed by atoms with Crippen LogP contribution < -0.4 is 5.32 Å². The minimum Gasteiger partial charge on any atom is -0.366 e. The van der Waals surface area contributed by atoms with E-state index in [1.54, 1.807) is 0 Å². The minimum absolute atomic E-state index is 0. The quantitative estimate of drug-likeness (QED) is 0.741. The molecule has 0 aromatic rings. The first kappa shape index (κ1) is 13.7. The SMILES string of the molecule is CC1CCN(C(=O)[C@@H]2CNCCO2)CC1.Cl. The Morgan fingerprint density at radius 1 is 1.38 bits per heavy atom. The van der Waals surface area contributed by atoms with Gasteiger partial charge in [-0.15, -0.1) is 12.4 Å². The van der Waals surface area contributed by atoms with Gasteiger partial charge in [0.05, 0.1) is 6.61 Å². The summed E-state index contributed by atoms with van der Waals surface area (Å²) in [5.41, 5.74) is 0. The third-order valence-electron chi connectivity index (χ3n) is 3.30. The standard InChI is InChI=1S/C11H20N2O2.ClH/c1-9-2-5-13(6-3-9)11(14)10-8-12-4-7-15-10;/h9-10,12H,2-8H2,1H3;1H/t10-;/m0./s1. The zero-order valence-electron chi connectivity index (χ0n) is 9.78. The summed E-state index contributed by atoms with van der Waals surface area (Å²) in [6.45, 7) is 6.24. The van der Waals surface area contributed by atoms with Gasteiger partial charge in [-0.1, -0.05) is 6.92 Å². The number of piperidine rings is 1. The number of carbonyl (C=O) groups excluding carboxylic acids is 1. The molecular formula is C11H21ClN2O2. The number of amides is 1. The van der Waals surface area contributed by atoms with Crippen LogP contribution in [0.2, 0.25) is 0 Å². The number of nitrogens with one attached hydrogen (secondary N) is 1. The van der Waals surface area contributed by atoms with Crippen molar-refractivity contribution < 1.29 is 9.53 Å². The number of morpholine rings is 1. The Hall–Kier alpha value is -0.320. The predicted octanol–water partition coefficient (Wildman–Crippen LogP) is 0.655. The van der Waals surface area contributed by atoms with E-state index in [4.69, 9.17) is 4.74 Å². The average molecular weight is 249 g/mol. The summed E-state index contributed by atoms with van der Waals surface area (Å²) < 4.78 is 5.47. The summed E-state index contributed by atoms with van der Waals surface area (Å²) in [6.07, 6.45) is 2.02. The van der Waals surface area contributed by atoms with Crippen molar-refractivity contribution in [3.8, 4) is 0 Å². The highest BCUT2D eigenvalue weighted by Gasteiger charge is 2.28. The predicted molar refractivity (Wildman–Crippen MR) is 64.8 cm³/mol. The van der Waals surface area contributed by atoms with Crippen LogP contribution in [-0.2, 0) is 9.53 Å². The van der Waals surface area contributed by atoms with Crippen LogP contribution in [-0.4, -0.2) is 49.7 Å². The fourth-order valence-electron chi connectivity index (χ4n) is 2.16. The molecule has 0 unspecified atom stereocenters. The molecule has 1 N–H and O–H groups in total. The van der Waals surface area contributed by atoms with Gasteiger partial charge < -0.3 is 15.0 Å². The van der Waals surface area contributed by atoms with Gasteiger partial charge in [0, 0.05) is 26.2 Å². The molecule has 0 radical (unpaired) electrons. The van der Waals surface area contributed by atoms with Gasteiger partial charge in [0.1, 0.15) is 6.10 Å². The number of hydrogen-bond acceptors (Lipinski definition) is 3. The third kappa shape index (κ3) is 3.34. The van der Waals surface area contributed by atoms with E-state index in [2.05, 4.69) is 12.2 Å². The largest absolute Gasteiger partial charge is 0.366 e. The molecule has 0 aliphatic carbocycles. The van der Waals surface area contributed by atoms with Crippen LogP contribution in [0.4, 0.5) is 0 Å². The molecule has 0 bridgehead atoms. The Morgan fingerprint density at radius 3 is 2.62 bits per heavy atom. The van der Waals surface area contributed by atoms with E-state index < -0.39 is 0 Å². The van der Waals surface area contributed by atoms with Gasteiger partial charge in [-0.25, -0.2) is 0 Å². The zero-order chi connectivity index (χ0) is 10.7. The molecule has 0 saturated carbocycles. The number of halogens is 1. The van der Waals surface area contributed by atoms with E-state index in [1.807, 2.05) is 4.90 Å². The lowest BCUT2D eigenvalue weighted by molar-refractivity contribution is -0.146. The second-order valence-corrected chi connectivity index (χ2v) is 4.57. The number of nitrogens with zero attached hydrogens (tertiary/aromatic N) is 1. The van der Waals surface area contributed by atoms with Crippen LogP contribution in [0.15, 0.2) is 0 Å². The number of carbonyl (C=O) groups is 1. The minimum atomic E-state index is -0.243. The molecule has 4 nitrogen and oxygen atoms in total. The molecule has 0 aromatic heterocycles. The Balaban J connectivity index is 0.00000128. The number of hydrogen-bond donors (Lipinski definition) is 1. The first-order valence-corrected chi connectivity index (χ1v) is 5.88. The second kappa shape index (κ2) is 6.42. The normalized spacial score (nSPS) is 27.3. The van der Waals surface area contributed by atoms with E-state index in [0.29, 0.717) is 13.2 Å². The van der Waals surface area contributed by atoms with Gasteiger partial charge in [0.15, 0.2) is 0 Å². The van der Waals surface area contributed by atoms with Crippen LogP contribution in [0, 0.1) is 5.92 Å². The summed E-state index contributed by atoms with van der Waals surface area (Å²) in [4.78, 5) is 14.0. The highest BCUT2D eigenvalue weighted by molar-refractivity contribution is 5.85. The van der Waals surface area contributed by atoms with E-state index in [-0.39, 0.29) is 24.4 Å². The van der Waals surface area contributed by atoms with Crippen molar-refractivity contribution in [2.24, 2.45) is 5.92 Å². The number of ether oxygens (including phenoxy) is 1. The van der Waals surface area contributed by atoms with Crippen molar-refractivity contribution in [2.45, 2.75) is 25.9 Å². The molecule has 2 heterocycles. The fourth-order valence-corrected chi connectivity index (χ4v) is 2.16. The van der Waals surface area contributed by atoms with Gasteiger partial charge in [-0.3, -0.25) is 4.79 Å². The van der Waals surface area contributed by atoms with E-state index in [1.165, 1.54) is 0 Å². The van der Waals surface area contributed by atoms with Gasteiger partial charge in [-0.2, -0.15) is 0 Å². The summed E-state index contributed by atoms with van der Waals surface area (Å²) in [7, 11) is 0. The summed E-state index contributed by atoms with van der Waals surface area (Å²) in [6, 6.07) is 0. The molecule has 2 fully saturated rings. The lowest BCUT2D eigenvalue weighted by atomic mass is 9.99. The molecule has 1 amide bonds. The van der Waals surface area contributed by atoms with Crippen LogP contribution >= 0.6 is 12.4 Å². The zero-order valence-corrected chi connectivity index (χ0v) is 10.6. The van der Waals surface area contributed by atoms with Crippen LogP contribution in [0.1, 0.15) is 19.8 Å². The van der Waals surface area contributed by atoms with Crippen molar-refractivity contribution in [1.29, 1.82) is 0 Å². The number of rotatable bonds is 1. The van der Waals surface area contributed by atoms with Gasteiger partial charge in [-0.05, 0) is 18.8 Å². The smallest absolute Gasteiger partial charge is 0.253 e. The van der Waals surface area contributed by atoms with Crippen molar-refractivity contribution in [2.75, 3.05) is 32.8 Å². The first-order chi connectivity index (χ1) is 7.27. The van der Waals surface area contributed by atoms with Gasteiger partial charge in [0.25, 0.3) is 5.91 Å². The van der Waals surface area contributed by atoms with Crippen LogP contribution in [0.5, 0.6) is 0 Å². The maximum Gasteiger partial charge on any atom is 0.253 e. The second-order valence-electron chi connectivity index (χ2n) is 4.57. The first-order valence-electron chi connectivity index (χ1n) is 5.88. The lowest BCUT2D eigenvalue weighted by Gasteiger charge is -2.34. The van der Waals surface area contributed by atoms with E-state index in [9.17, 15) is 4.79 Å². The molecule has 0 aromatic carbocycles. The molecular weight excluding hydrogens is 228 g/mol. The van der Waals surface area contributed by atoms with Crippen LogP contribution in [0.25, 0.3) is 0 Å². The molecule has 2 aliphatic rings. The Labute approximate surface area is 103 Å². The van der Waals surface area contributed by atoms with Crippen molar-refractivity contribution in [1.82, 2.24) is 10.2 Å². The maximum absolute atomic E-state index is 12.0. The average Bonchev–Trinajstić information content (AvgIpc) is 2.30. The lowest BCUT2D eigenvalue weighted by Crippen LogP contribution is -2.51. The molecule has 16 heavy (non-hydrogen) atoms. The van der Waals surface area contributed by atoms with Crippen molar-refractivity contribution >= 4 is 18.3 Å². The Morgan fingerprint density at radius 2 is 2.06 bits per heavy atom. The fraction of sp³-hybridized carbons (Fsp3) is 0.909. The topological polar surface area (TPSA) is 41.6 Å².